The Morgan fingerprint density at radius 3 is 2.10 bits per heavy atom. The number of benzene rings is 2. The minimum Gasteiger partial charge on any atom is -0.482 e. The predicted molar refractivity (Wildman–Crippen MR) is 167 cm³/mol. The van der Waals surface area contributed by atoms with Gasteiger partial charge in [-0.25, -0.2) is 0 Å². The molecule has 0 fully saturated rings. The van der Waals surface area contributed by atoms with Crippen LogP contribution in [0.4, 0.5) is 5.69 Å². The Bertz CT molecular complexity index is 1490. The Labute approximate surface area is 254 Å². The zero-order valence-corrected chi connectivity index (χ0v) is 26.5. The molecule has 0 bridgehead atoms. The maximum atomic E-state index is 13.8. The molecular formula is C35H41ClN2O4. The normalized spacial score (nSPS) is 20.0. The first-order chi connectivity index (χ1) is 19.7. The summed E-state index contributed by atoms with van der Waals surface area (Å²) in [6.45, 7) is 15.1. The van der Waals surface area contributed by atoms with Crippen molar-refractivity contribution in [2.75, 3.05) is 18.5 Å². The van der Waals surface area contributed by atoms with Crippen LogP contribution in [-0.2, 0) is 14.4 Å². The fourth-order valence-electron chi connectivity index (χ4n) is 6.79. The second-order valence-electron chi connectivity index (χ2n) is 13.6. The van der Waals surface area contributed by atoms with Gasteiger partial charge >= 0.3 is 0 Å². The van der Waals surface area contributed by atoms with Crippen LogP contribution < -0.4 is 10.1 Å². The molecule has 2 aromatic rings. The maximum absolute atomic E-state index is 13.8. The Balaban J connectivity index is 1.48. The highest BCUT2D eigenvalue weighted by atomic mass is 35.5. The highest BCUT2D eigenvalue weighted by Gasteiger charge is 2.48. The number of nitrogens with zero attached hydrogens (tertiary/aromatic N) is 1. The van der Waals surface area contributed by atoms with E-state index in [4.69, 9.17) is 16.3 Å². The SMILES string of the molecule is CCN1C2=C(C(=O)CC(C)(C)C2)C(c2ccc(OCC(=O)Nc3cccc(C)c3C)c(Cl)c2)C2=C1CC(C)(C)CC2=O. The van der Waals surface area contributed by atoms with E-state index in [1.165, 1.54) is 0 Å². The molecule has 1 heterocycles. The van der Waals surface area contributed by atoms with Crippen LogP contribution in [0.3, 0.4) is 0 Å². The van der Waals surface area contributed by atoms with Crippen molar-refractivity contribution in [2.45, 2.75) is 80.1 Å². The number of ether oxygens (including phenoxy) is 1. The fraction of sp³-hybridized carbons (Fsp3) is 0.457. The Kier molecular flexibility index (Phi) is 7.90. The molecular weight excluding hydrogens is 548 g/mol. The number of nitrogens with one attached hydrogen (secondary N) is 1. The molecule has 0 saturated heterocycles. The quantitative estimate of drug-likeness (QED) is 0.374. The van der Waals surface area contributed by atoms with Crippen LogP contribution in [0.25, 0.3) is 0 Å². The smallest absolute Gasteiger partial charge is 0.262 e. The van der Waals surface area contributed by atoms with Crippen LogP contribution in [0, 0.1) is 24.7 Å². The lowest BCUT2D eigenvalue weighted by Gasteiger charge is -2.48. The van der Waals surface area contributed by atoms with Gasteiger partial charge in [0, 0.05) is 53.5 Å². The molecule has 0 spiro atoms. The Hall–Kier alpha value is -3.38. The summed E-state index contributed by atoms with van der Waals surface area (Å²) in [5.41, 5.74) is 6.84. The third-order valence-electron chi connectivity index (χ3n) is 8.86. The summed E-state index contributed by atoms with van der Waals surface area (Å²) >= 11 is 6.74. The number of carbonyl (C=O) groups is 3. The second kappa shape index (κ2) is 11.0. The summed E-state index contributed by atoms with van der Waals surface area (Å²) in [4.78, 5) is 42.5. The van der Waals surface area contributed by atoms with Gasteiger partial charge < -0.3 is 15.0 Å². The van der Waals surface area contributed by atoms with Crippen molar-refractivity contribution in [3.8, 4) is 5.75 Å². The zero-order chi connectivity index (χ0) is 30.6. The van der Waals surface area contributed by atoms with Crippen molar-refractivity contribution >= 4 is 34.8 Å². The lowest BCUT2D eigenvalue weighted by Crippen LogP contribution is -2.44. The molecule has 0 aromatic heterocycles. The van der Waals surface area contributed by atoms with Gasteiger partial charge in [-0.1, -0.05) is 57.5 Å². The molecule has 6 nitrogen and oxygen atoms in total. The number of amides is 1. The molecule has 2 aromatic carbocycles. The van der Waals surface area contributed by atoms with Crippen LogP contribution in [0.5, 0.6) is 5.75 Å². The first-order valence-electron chi connectivity index (χ1n) is 14.8. The molecule has 0 saturated carbocycles. The number of rotatable bonds is 6. The third kappa shape index (κ3) is 5.66. The molecule has 2 aliphatic carbocycles. The van der Waals surface area contributed by atoms with Crippen LogP contribution in [-0.4, -0.2) is 35.5 Å². The lowest BCUT2D eigenvalue weighted by atomic mass is 9.63. The Morgan fingerprint density at radius 2 is 1.55 bits per heavy atom. The number of ketones is 2. The summed E-state index contributed by atoms with van der Waals surface area (Å²) in [7, 11) is 0. The summed E-state index contributed by atoms with van der Waals surface area (Å²) in [6.07, 6.45) is 2.42. The van der Waals surface area contributed by atoms with Gasteiger partial charge in [-0.05, 0) is 79.3 Å². The van der Waals surface area contributed by atoms with Gasteiger partial charge in [0.1, 0.15) is 5.75 Å². The molecule has 0 atom stereocenters. The van der Waals surface area contributed by atoms with Gasteiger partial charge in [-0.15, -0.1) is 0 Å². The van der Waals surface area contributed by atoms with E-state index in [2.05, 4.69) is 44.8 Å². The zero-order valence-electron chi connectivity index (χ0n) is 25.7. The van der Waals surface area contributed by atoms with Gasteiger partial charge in [0.2, 0.25) is 0 Å². The van der Waals surface area contributed by atoms with E-state index in [0.29, 0.717) is 30.2 Å². The molecule has 42 heavy (non-hydrogen) atoms. The van der Waals surface area contributed by atoms with E-state index in [1.54, 1.807) is 12.1 Å². The third-order valence-corrected chi connectivity index (χ3v) is 9.16. The fourth-order valence-corrected chi connectivity index (χ4v) is 7.04. The number of hydrogen-bond donors (Lipinski definition) is 1. The summed E-state index contributed by atoms with van der Waals surface area (Å²) < 4.78 is 5.82. The number of Topliss-reactive ketones (excluding diaryl/α,β-unsaturated/α-hetero) is 2. The second-order valence-corrected chi connectivity index (χ2v) is 14.0. The van der Waals surface area contributed by atoms with E-state index < -0.39 is 5.92 Å². The monoisotopic (exact) mass is 588 g/mol. The highest BCUT2D eigenvalue weighted by Crippen LogP contribution is 2.54. The van der Waals surface area contributed by atoms with Gasteiger partial charge in [0.05, 0.1) is 5.02 Å². The average molecular weight is 589 g/mol. The summed E-state index contributed by atoms with van der Waals surface area (Å²) in [5, 5.41) is 3.23. The minimum atomic E-state index is -0.468. The van der Waals surface area contributed by atoms with Crippen LogP contribution in [0.15, 0.2) is 58.9 Å². The van der Waals surface area contributed by atoms with Gasteiger partial charge in [-0.2, -0.15) is 0 Å². The van der Waals surface area contributed by atoms with Crippen LogP contribution in [0.2, 0.25) is 5.02 Å². The van der Waals surface area contributed by atoms with Crippen molar-refractivity contribution in [1.29, 1.82) is 0 Å². The van der Waals surface area contributed by atoms with Gasteiger partial charge in [0.15, 0.2) is 18.2 Å². The topological polar surface area (TPSA) is 75.7 Å². The molecule has 3 aliphatic rings. The average Bonchev–Trinajstić information content (AvgIpc) is 2.88. The lowest BCUT2D eigenvalue weighted by molar-refractivity contribution is -0.120. The predicted octanol–water partition coefficient (Wildman–Crippen LogP) is 7.68. The first kappa shape index (κ1) is 30.1. The number of hydrogen-bond acceptors (Lipinski definition) is 5. The molecule has 1 aliphatic heterocycles. The van der Waals surface area contributed by atoms with E-state index in [-0.39, 0.29) is 34.9 Å². The molecule has 7 heteroatoms. The molecule has 1 amide bonds. The van der Waals surface area contributed by atoms with Gasteiger partial charge in [-0.3, -0.25) is 14.4 Å². The summed E-state index contributed by atoms with van der Waals surface area (Å²) in [5.74, 6) is -0.199. The van der Waals surface area contributed by atoms with Gasteiger partial charge in [0.25, 0.3) is 5.91 Å². The number of aryl methyl sites for hydroxylation is 1. The van der Waals surface area contributed by atoms with Crippen molar-refractivity contribution < 1.29 is 19.1 Å². The van der Waals surface area contributed by atoms with Crippen LogP contribution in [0.1, 0.15) is 82.9 Å². The van der Waals surface area contributed by atoms with E-state index in [9.17, 15) is 14.4 Å². The molecule has 0 radical (unpaired) electrons. The van der Waals surface area contributed by atoms with E-state index in [1.807, 2.05) is 38.1 Å². The number of allylic oxidation sites excluding steroid dienone is 4. The number of carbonyl (C=O) groups excluding carboxylic acids is 3. The minimum absolute atomic E-state index is 0.0912. The molecule has 0 unspecified atom stereocenters. The molecule has 222 valence electrons. The molecule has 5 rings (SSSR count). The number of anilines is 1. The van der Waals surface area contributed by atoms with Crippen molar-refractivity contribution in [1.82, 2.24) is 4.90 Å². The van der Waals surface area contributed by atoms with Crippen molar-refractivity contribution in [3.05, 3.63) is 80.7 Å². The van der Waals surface area contributed by atoms with Crippen LogP contribution >= 0.6 is 11.6 Å². The van der Waals surface area contributed by atoms with Crippen molar-refractivity contribution in [2.24, 2.45) is 10.8 Å². The molecule has 1 N–H and O–H groups in total. The summed E-state index contributed by atoms with van der Waals surface area (Å²) in [6, 6.07) is 11.2. The first-order valence-corrected chi connectivity index (χ1v) is 15.2. The van der Waals surface area contributed by atoms with E-state index >= 15 is 0 Å². The highest BCUT2D eigenvalue weighted by molar-refractivity contribution is 6.32. The van der Waals surface area contributed by atoms with Crippen molar-refractivity contribution in [3.63, 3.8) is 0 Å². The number of halogens is 1. The van der Waals surface area contributed by atoms with E-state index in [0.717, 1.165) is 57.8 Å². The maximum Gasteiger partial charge on any atom is 0.262 e. The Morgan fingerprint density at radius 1 is 0.952 bits per heavy atom. The standard InChI is InChI=1S/C35H41ClN2O4/c1-8-38-25-15-34(4,5)17-27(39)32(25)31(33-26(38)16-35(6,7)18-28(33)40)22-12-13-29(23(36)14-22)42-19-30(41)37-24-11-9-10-20(2)21(24)3/h9-14,31H,8,15-19H2,1-7H3,(H,37,41). The largest absolute Gasteiger partial charge is 0.482 e.